The van der Waals surface area contributed by atoms with Crippen LogP contribution in [-0.4, -0.2) is 35.8 Å². The number of rotatable bonds is 7. The van der Waals surface area contributed by atoms with Gasteiger partial charge < -0.3 is 20.1 Å². The first kappa shape index (κ1) is 20.9. The molecule has 0 saturated heterocycles. The highest BCUT2D eigenvalue weighted by Crippen LogP contribution is 2.28. The van der Waals surface area contributed by atoms with Gasteiger partial charge in [-0.3, -0.25) is 14.3 Å². The summed E-state index contributed by atoms with van der Waals surface area (Å²) >= 11 is 0. The number of carbonyl (C=O) groups is 2. The van der Waals surface area contributed by atoms with Gasteiger partial charge in [-0.2, -0.15) is 5.10 Å². The molecule has 1 heterocycles. The van der Waals surface area contributed by atoms with Gasteiger partial charge in [-0.1, -0.05) is 18.2 Å². The van der Waals surface area contributed by atoms with Crippen molar-refractivity contribution in [3.05, 3.63) is 66.5 Å². The third kappa shape index (κ3) is 4.43. The van der Waals surface area contributed by atoms with E-state index in [1.54, 1.807) is 38.2 Å². The molecule has 0 aliphatic carbocycles. The Labute approximate surface area is 174 Å². The van der Waals surface area contributed by atoms with Crippen molar-refractivity contribution in [1.29, 1.82) is 0 Å². The molecule has 1 aromatic heterocycles. The first-order valence-corrected chi connectivity index (χ1v) is 9.30. The Hall–Kier alpha value is -3.81. The first-order valence-electron chi connectivity index (χ1n) is 9.30. The van der Waals surface area contributed by atoms with Gasteiger partial charge in [-0.05, 0) is 44.2 Å². The van der Waals surface area contributed by atoms with E-state index in [-0.39, 0.29) is 11.8 Å². The molecule has 8 heteroatoms. The van der Waals surface area contributed by atoms with Crippen molar-refractivity contribution in [2.45, 2.75) is 19.4 Å². The van der Waals surface area contributed by atoms with Crippen molar-refractivity contribution < 1.29 is 19.1 Å². The molecule has 0 atom stereocenters. The van der Waals surface area contributed by atoms with Crippen LogP contribution in [0.5, 0.6) is 11.5 Å². The number of nitrogens with one attached hydrogen (secondary N) is 2. The predicted octanol–water partition coefficient (Wildman–Crippen LogP) is 3.53. The second kappa shape index (κ2) is 8.69. The molecule has 2 amide bonds. The van der Waals surface area contributed by atoms with E-state index in [4.69, 9.17) is 9.47 Å². The topological polar surface area (TPSA) is 94.5 Å². The van der Waals surface area contributed by atoms with Gasteiger partial charge in [0.1, 0.15) is 5.54 Å². The minimum absolute atomic E-state index is 0.227. The molecular formula is C22H24N4O4. The molecule has 3 aromatic rings. The van der Waals surface area contributed by atoms with Crippen molar-refractivity contribution >= 4 is 23.2 Å². The molecule has 2 aromatic carbocycles. The highest BCUT2D eigenvalue weighted by atomic mass is 16.5. The summed E-state index contributed by atoms with van der Waals surface area (Å²) in [6, 6.07) is 14.1. The molecule has 0 radical (unpaired) electrons. The molecule has 3 rings (SSSR count). The Kier molecular flexibility index (Phi) is 6.06. The van der Waals surface area contributed by atoms with E-state index in [9.17, 15) is 9.59 Å². The van der Waals surface area contributed by atoms with Crippen LogP contribution in [0.4, 0.5) is 11.4 Å². The summed E-state index contributed by atoms with van der Waals surface area (Å²) in [4.78, 5) is 25.3. The summed E-state index contributed by atoms with van der Waals surface area (Å²) in [7, 11) is 3.04. The molecule has 0 aliphatic rings. The average molecular weight is 408 g/mol. The molecule has 0 unspecified atom stereocenters. The molecule has 156 valence electrons. The number of benzene rings is 2. The quantitative estimate of drug-likeness (QED) is 0.624. The number of methoxy groups -OCH3 is 2. The monoisotopic (exact) mass is 408 g/mol. The number of hydrogen-bond donors (Lipinski definition) is 2. The molecule has 0 saturated carbocycles. The fourth-order valence-corrected chi connectivity index (χ4v) is 2.78. The number of nitrogens with zero attached hydrogens (tertiary/aromatic N) is 2. The zero-order chi connectivity index (χ0) is 21.7. The Morgan fingerprint density at radius 1 is 0.933 bits per heavy atom. The molecular weight excluding hydrogens is 384 g/mol. The number of carbonyl (C=O) groups excluding carboxylic acids is 2. The molecule has 30 heavy (non-hydrogen) atoms. The molecule has 2 N–H and O–H groups in total. The molecule has 0 aliphatic heterocycles. The van der Waals surface area contributed by atoms with Crippen LogP contribution in [-0.2, 0) is 10.3 Å². The fraction of sp³-hybridized carbons (Fsp3) is 0.227. The van der Waals surface area contributed by atoms with Gasteiger partial charge in [-0.25, -0.2) is 0 Å². The molecule has 0 fully saturated rings. The van der Waals surface area contributed by atoms with Crippen LogP contribution >= 0.6 is 0 Å². The number of aromatic nitrogens is 2. The van der Waals surface area contributed by atoms with Crippen molar-refractivity contribution in [2.24, 2.45) is 0 Å². The van der Waals surface area contributed by atoms with E-state index < -0.39 is 5.54 Å². The van der Waals surface area contributed by atoms with E-state index >= 15 is 0 Å². The number of hydrogen-bond acceptors (Lipinski definition) is 5. The average Bonchev–Trinajstić information content (AvgIpc) is 3.23. The maximum absolute atomic E-state index is 12.7. The van der Waals surface area contributed by atoms with Crippen molar-refractivity contribution in [2.75, 3.05) is 24.9 Å². The Morgan fingerprint density at radius 2 is 1.63 bits per heavy atom. The summed E-state index contributed by atoms with van der Waals surface area (Å²) < 4.78 is 11.9. The van der Waals surface area contributed by atoms with Crippen LogP contribution in [0, 0.1) is 0 Å². The highest BCUT2D eigenvalue weighted by Gasteiger charge is 2.31. The lowest BCUT2D eigenvalue weighted by Gasteiger charge is -2.24. The summed E-state index contributed by atoms with van der Waals surface area (Å²) in [5.74, 6) is 0.434. The zero-order valence-corrected chi connectivity index (χ0v) is 17.3. The van der Waals surface area contributed by atoms with Crippen molar-refractivity contribution in [3.8, 4) is 11.5 Å². The predicted molar refractivity (Wildman–Crippen MR) is 114 cm³/mol. The lowest BCUT2D eigenvalue weighted by Crippen LogP contribution is -2.40. The van der Waals surface area contributed by atoms with Crippen LogP contribution in [0.25, 0.3) is 0 Å². The minimum Gasteiger partial charge on any atom is -0.493 e. The van der Waals surface area contributed by atoms with Gasteiger partial charge in [-0.15, -0.1) is 0 Å². The lowest BCUT2D eigenvalue weighted by molar-refractivity contribution is -0.123. The van der Waals surface area contributed by atoms with Gasteiger partial charge >= 0.3 is 0 Å². The molecule has 8 nitrogen and oxygen atoms in total. The smallest absolute Gasteiger partial charge is 0.255 e. The van der Waals surface area contributed by atoms with Gasteiger partial charge in [0.2, 0.25) is 0 Å². The second-order valence-electron chi connectivity index (χ2n) is 7.08. The first-order chi connectivity index (χ1) is 14.3. The van der Waals surface area contributed by atoms with E-state index in [0.717, 1.165) is 0 Å². The lowest BCUT2D eigenvalue weighted by atomic mass is 10.0. The van der Waals surface area contributed by atoms with Crippen LogP contribution in [0.3, 0.4) is 0 Å². The third-order valence-electron chi connectivity index (χ3n) is 4.65. The van der Waals surface area contributed by atoms with E-state index in [1.807, 2.05) is 30.3 Å². The number of anilines is 2. The second-order valence-corrected chi connectivity index (χ2v) is 7.08. The maximum atomic E-state index is 12.7. The zero-order valence-electron chi connectivity index (χ0n) is 17.3. The van der Waals surface area contributed by atoms with Crippen molar-refractivity contribution in [3.63, 3.8) is 0 Å². The maximum Gasteiger partial charge on any atom is 0.255 e. The van der Waals surface area contributed by atoms with Crippen LogP contribution < -0.4 is 20.1 Å². The Morgan fingerprint density at radius 3 is 2.30 bits per heavy atom. The Bertz CT molecular complexity index is 1040. The third-order valence-corrected chi connectivity index (χ3v) is 4.65. The number of amides is 2. The van der Waals surface area contributed by atoms with Gasteiger partial charge in [0.15, 0.2) is 11.5 Å². The SMILES string of the molecule is COc1ccc(C(=O)Nc2cnn(C(C)(C)C(=O)Nc3ccccc3)c2)cc1OC. The van der Waals surface area contributed by atoms with Gasteiger partial charge in [0.25, 0.3) is 11.8 Å². The Balaban J connectivity index is 1.72. The van der Waals surface area contributed by atoms with E-state index in [0.29, 0.717) is 28.4 Å². The van der Waals surface area contributed by atoms with Crippen molar-refractivity contribution in [1.82, 2.24) is 9.78 Å². The van der Waals surface area contributed by atoms with Gasteiger partial charge in [0, 0.05) is 17.4 Å². The summed E-state index contributed by atoms with van der Waals surface area (Å²) in [6.07, 6.45) is 3.11. The number of para-hydroxylation sites is 1. The summed E-state index contributed by atoms with van der Waals surface area (Å²) in [6.45, 7) is 3.50. The largest absolute Gasteiger partial charge is 0.493 e. The normalized spacial score (nSPS) is 10.9. The van der Waals surface area contributed by atoms with E-state index in [1.165, 1.54) is 25.1 Å². The highest BCUT2D eigenvalue weighted by molar-refractivity contribution is 6.04. The molecule has 0 bridgehead atoms. The van der Waals surface area contributed by atoms with Crippen LogP contribution in [0.1, 0.15) is 24.2 Å². The number of ether oxygens (including phenoxy) is 2. The van der Waals surface area contributed by atoms with E-state index in [2.05, 4.69) is 15.7 Å². The van der Waals surface area contributed by atoms with Crippen LogP contribution in [0.15, 0.2) is 60.9 Å². The standard InChI is InChI=1S/C22H24N4O4/c1-22(2,21(28)25-16-8-6-5-7-9-16)26-14-17(13-23-26)24-20(27)15-10-11-18(29-3)19(12-15)30-4/h5-14H,1-4H3,(H,24,27)(H,25,28). The summed E-state index contributed by atoms with van der Waals surface area (Å²) in [5.41, 5.74) is 0.601. The molecule has 0 spiro atoms. The van der Waals surface area contributed by atoms with Crippen LogP contribution in [0.2, 0.25) is 0 Å². The fourth-order valence-electron chi connectivity index (χ4n) is 2.78. The van der Waals surface area contributed by atoms with Gasteiger partial charge in [0.05, 0.1) is 26.1 Å². The summed E-state index contributed by atoms with van der Waals surface area (Å²) in [5, 5.41) is 9.90. The minimum atomic E-state index is -0.970.